The molecule has 102 valence electrons. The van der Waals surface area contributed by atoms with E-state index in [0.29, 0.717) is 6.07 Å². The van der Waals surface area contributed by atoms with Crippen molar-refractivity contribution in [2.45, 2.75) is 18.7 Å². The number of alkyl halides is 5. The second kappa shape index (κ2) is 5.34. The summed E-state index contributed by atoms with van der Waals surface area (Å²) in [5, 5.41) is 11.0. The van der Waals surface area contributed by atoms with Gasteiger partial charge in [0.05, 0.1) is 17.6 Å². The number of hydrogen-bond acceptors (Lipinski definition) is 4. The van der Waals surface area contributed by atoms with Crippen LogP contribution in [0.5, 0.6) is 0 Å². The van der Waals surface area contributed by atoms with Crippen LogP contribution in [0.15, 0.2) is 12.3 Å². The Bertz CT molecular complexity index is 410. The van der Waals surface area contributed by atoms with E-state index < -0.39 is 30.9 Å². The van der Waals surface area contributed by atoms with Gasteiger partial charge in [0, 0.05) is 6.54 Å². The molecule has 1 atom stereocenters. The molecule has 0 aromatic carbocycles. The van der Waals surface area contributed by atoms with Crippen molar-refractivity contribution in [3.8, 4) is 0 Å². The minimum atomic E-state index is -4.66. The predicted molar refractivity (Wildman–Crippen MR) is 54.2 cm³/mol. The third-order valence-electron chi connectivity index (χ3n) is 2.02. The van der Waals surface area contributed by atoms with E-state index in [2.05, 4.69) is 10.3 Å². The quantitative estimate of drug-likeness (QED) is 0.729. The molecule has 1 aromatic heterocycles. The Kier molecular flexibility index (Phi) is 4.28. The zero-order chi connectivity index (χ0) is 13.9. The summed E-state index contributed by atoms with van der Waals surface area (Å²) in [5.41, 5.74) is 3.78. The molecule has 9 heteroatoms. The zero-order valence-corrected chi connectivity index (χ0v) is 8.88. The van der Waals surface area contributed by atoms with E-state index in [1.165, 1.54) is 0 Å². The fraction of sp³-hybridized carbons (Fsp3) is 0.444. The lowest BCUT2D eigenvalue weighted by atomic mass is 10.2. The van der Waals surface area contributed by atoms with Crippen LogP contribution in [-0.2, 0) is 6.18 Å². The standard InChI is InChI=1S/C9H10F5N3O/c10-8(11)6(18)3-16-5-1-7(9(12,13)14)17-2-4(5)15/h1-2,6,8,18H,3,15H2,(H,16,17). The van der Waals surface area contributed by atoms with Gasteiger partial charge in [-0.05, 0) is 6.07 Å². The number of hydrogen-bond donors (Lipinski definition) is 3. The molecule has 4 nitrogen and oxygen atoms in total. The second-order valence-electron chi connectivity index (χ2n) is 3.44. The summed E-state index contributed by atoms with van der Waals surface area (Å²) in [6.45, 7) is -0.622. The van der Waals surface area contributed by atoms with E-state index in [1.54, 1.807) is 0 Å². The average molecular weight is 271 g/mol. The third kappa shape index (κ3) is 3.69. The van der Waals surface area contributed by atoms with Crippen molar-refractivity contribution in [2.75, 3.05) is 17.6 Å². The lowest BCUT2D eigenvalue weighted by molar-refractivity contribution is -0.141. The first-order valence-corrected chi connectivity index (χ1v) is 4.74. The monoisotopic (exact) mass is 271 g/mol. The summed E-state index contributed by atoms with van der Waals surface area (Å²) >= 11 is 0. The number of aromatic nitrogens is 1. The predicted octanol–water partition coefficient (Wildman–Crippen LogP) is 1.72. The van der Waals surface area contributed by atoms with Crippen LogP contribution >= 0.6 is 0 Å². The molecular weight excluding hydrogens is 261 g/mol. The Morgan fingerprint density at radius 1 is 1.39 bits per heavy atom. The number of nitrogen functional groups attached to an aromatic ring is 1. The number of aliphatic hydroxyl groups excluding tert-OH is 1. The molecule has 0 aliphatic heterocycles. The molecule has 0 spiro atoms. The van der Waals surface area contributed by atoms with E-state index in [-0.39, 0.29) is 11.4 Å². The van der Waals surface area contributed by atoms with E-state index in [9.17, 15) is 22.0 Å². The Labute approximate surface area is 98.6 Å². The average Bonchev–Trinajstić information content (AvgIpc) is 2.25. The Morgan fingerprint density at radius 2 is 2.00 bits per heavy atom. The Balaban J connectivity index is 2.82. The van der Waals surface area contributed by atoms with Crippen molar-refractivity contribution in [3.63, 3.8) is 0 Å². The molecule has 1 heterocycles. The number of nitrogens with zero attached hydrogens (tertiary/aromatic N) is 1. The van der Waals surface area contributed by atoms with Gasteiger partial charge >= 0.3 is 6.18 Å². The molecule has 0 bridgehead atoms. The van der Waals surface area contributed by atoms with Gasteiger partial charge in [-0.3, -0.25) is 0 Å². The van der Waals surface area contributed by atoms with Gasteiger partial charge in [0.1, 0.15) is 11.8 Å². The highest BCUT2D eigenvalue weighted by Crippen LogP contribution is 2.31. The summed E-state index contributed by atoms with van der Waals surface area (Å²) in [5.74, 6) is 0. The maximum absolute atomic E-state index is 12.3. The second-order valence-corrected chi connectivity index (χ2v) is 3.44. The van der Waals surface area contributed by atoms with Gasteiger partial charge in [0.15, 0.2) is 0 Å². The zero-order valence-electron chi connectivity index (χ0n) is 8.88. The molecule has 0 amide bonds. The van der Waals surface area contributed by atoms with Crippen LogP contribution in [0.3, 0.4) is 0 Å². The number of nitrogens with two attached hydrogens (primary N) is 1. The van der Waals surface area contributed by atoms with Gasteiger partial charge in [-0.2, -0.15) is 13.2 Å². The normalized spacial score (nSPS) is 13.7. The molecule has 0 radical (unpaired) electrons. The van der Waals surface area contributed by atoms with E-state index in [0.717, 1.165) is 6.20 Å². The third-order valence-corrected chi connectivity index (χ3v) is 2.02. The molecule has 1 rings (SSSR count). The maximum Gasteiger partial charge on any atom is 0.433 e. The number of aliphatic hydroxyl groups is 1. The summed E-state index contributed by atoms with van der Waals surface area (Å²) < 4.78 is 61.0. The van der Waals surface area contributed by atoms with Crippen molar-refractivity contribution in [1.82, 2.24) is 4.98 Å². The molecule has 0 saturated heterocycles. The van der Waals surface area contributed by atoms with Crippen LogP contribution in [0.2, 0.25) is 0 Å². The summed E-state index contributed by atoms with van der Waals surface area (Å²) in [6, 6.07) is 0.591. The van der Waals surface area contributed by atoms with Crippen molar-refractivity contribution in [1.29, 1.82) is 0 Å². The summed E-state index contributed by atoms with van der Waals surface area (Å²) in [4.78, 5) is 3.07. The van der Waals surface area contributed by atoms with E-state index in [4.69, 9.17) is 10.8 Å². The Morgan fingerprint density at radius 3 is 2.50 bits per heavy atom. The highest BCUT2D eigenvalue weighted by molar-refractivity contribution is 5.65. The van der Waals surface area contributed by atoms with Crippen LogP contribution < -0.4 is 11.1 Å². The van der Waals surface area contributed by atoms with Gasteiger partial charge in [-0.25, -0.2) is 13.8 Å². The largest absolute Gasteiger partial charge is 0.433 e. The van der Waals surface area contributed by atoms with Crippen molar-refractivity contribution in [2.24, 2.45) is 0 Å². The van der Waals surface area contributed by atoms with E-state index >= 15 is 0 Å². The number of rotatable bonds is 4. The Hall–Kier alpha value is -1.64. The van der Waals surface area contributed by atoms with Crippen LogP contribution in [0.1, 0.15) is 5.69 Å². The topological polar surface area (TPSA) is 71.2 Å². The first-order valence-electron chi connectivity index (χ1n) is 4.74. The SMILES string of the molecule is Nc1cnc(C(F)(F)F)cc1NCC(O)C(F)F. The minimum absolute atomic E-state index is 0.135. The van der Waals surface area contributed by atoms with Gasteiger partial charge in [-0.15, -0.1) is 0 Å². The molecule has 0 saturated carbocycles. The molecule has 0 aliphatic carbocycles. The molecule has 1 unspecified atom stereocenters. The fourth-order valence-corrected chi connectivity index (χ4v) is 1.08. The van der Waals surface area contributed by atoms with Crippen molar-refractivity contribution in [3.05, 3.63) is 18.0 Å². The van der Waals surface area contributed by atoms with Crippen LogP contribution in [0, 0.1) is 0 Å². The van der Waals surface area contributed by atoms with Crippen molar-refractivity contribution < 1.29 is 27.1 Å². The lowest BCUT2D eigenvalue weighted by Crippen LogP contribution is -2.27. The number of nitrogens with one attached hydrogen (secondary N) is 1. The first kappa shape index (κ1) is 14.4. The first-order chi connectivity index (χ1) is 8.21. The van der Waals surface area contributed by atoms with Gasteiger partial charge in [0.2, 0.25) is 0 Å². The van der Waals surface area contributed by atoms with Gasteiger partial charge in [-0.1, -0.05) is 0 Å². The number of anilines is 2. The van der Waals surface area contributed by atoms with Crippen LogP contribution in [0.25, 0.3) is 0 Å². The highest BCUT2D eigenvalue weighted by atomic mass is 19.4. The molecule has 4 N–H and O–H groups in total. The van der Waals surface area contributed by atoms with E-state index in [1.807, 2.05) is 0 Å². The summed E-state index contributed by atoms with van der Waals surface area (Å²) in [6.07, 6.45) is -8.89. The minimum Gasteiger partial charge on any atom is -0.396 e. The molecule has 18 heavy (non-hydrogen) atoms. The highest BCUT2D eigenvalue weighted by Gasteiger charge is 2.33. The molecule has 0 fully saturated rings. The maximum atomic E-state index is 12.3. The smallest absolute Gasteiger partial charge is 0.396 e. The number of pyridine rings is 1. The van der Waals surface area contributed by atoms with Crippen LogP contribution in [-0.4, -0.2) is 29.2 Å². The molecule has 0 aliphatic rings. The lowest BCUT2D eigenvalue weighted by Gasteiger charge is -2.14. The van der Waals surface area contributed by atoms with Gasteiger partial charge in [0.25, 0.3) is 6.43 Å². The number of halogens is 5. The van der Waals surface area contributed by atoms with Gasteiger partial charge < -0.3 is 16.2 Å². The van der Waals surface area contributed by atoms with Crippen molar-refractivity contribution >= 4 is 11.4 Å². The molecular formula is C9H10F5N3O. The molecule has 1 aromatic rings. The summed E-state index contributed by atoms with van der Waals surface area (Å²) in [7, 11) is 0. The van der Waals surface area contributed by atoms with Crippen LogP contribution in [0.4, 0.5) is 33.3 Å². The fourth-order valence-electron chi connectivity index (χ4n) is 1.08.